The lowest BCUT2D eigenvalue weighted by molar-refractivity contribution is 0.632. The second-order valence-corrected chi connectivity index (χ2v) is 21.8. The van der Waals surface area contributed by atoms with E-state index >= 15 is 0 Å². The Kier molecular flexibility index (Phi) is 11.8. The van der Waals surface area contributed by atoms with Gasteiger partial charge in [0.15, 0.2) is 11.6 Å². The number of fused-ring (bicyclic) bond motifs is 4. The monoisotopic (exact) mass is 1030 g/mol. The summed E-state index contributed by atoms with van der Waals surface area (Å²) in [5.74, 6) is 1.29. The van der Waals surface area contributed by atoms with Crippen LogP contribution >= 0.6 is 0 Å². The summed E-state index contributed by atoms with van der Waals surface area (Å²) in [7, 11) is 0. The number of benzene rings is 10. The van der Waals surface area contributed by atoms with Crippen LogP contribution < -0.4 is 9.80 Å². The molecule has 10 aromatic carbocycles. The van der Waals surface area contributed by atoms with Gasteiger partial charge in [-0.05, 0) is 94.0 Å². The molecule has 6 heteroatoms. The first-order chi connectivity index (χ1) is 39.2. The SMILES string of the molecule is CC1(C)c2ccccc2N(c2ccc(-c3ccc(N4c5ccccc5C(C)(C)c5ccccc54)cc3-c3cc(-c4ccccc4)nc(-c4ccccc4)n3)c(-c3cc(-c4ccccc4)nc(-c4ccccc4)n3)c2)c2ccccc21. The van der Waals surface area contributed by atoms with Crippen LogP contribution in [0.15, 0.2) is 267 Å². The highest BCUT2D eigenvalue weighted by atomic mass is 15.2. The fourth-order valence-electron chi connectivity index (χ4n) is 12.2. The minimum atomic E-state index is -0.231. The maximum absolute atomic E-state index is 5.58. The Labute approximate surface area is 468 Å². The van der Waals surface area contributed by atoms with E-state index in [2.05, 4.69) is 280 Å². The molecule has 2 aromatic heterocycles. The molecule has 0 saturated carbocycles. The summed E-state index contributed by atoms with van der Waals surface area (Å²) in [4.78, 5) is 26.6. The second kappa shape index (κ2) is 19.5. The third kappa shape index (κ3) is 8.27. The zero-order valence-electron chi connectivity index (χ0n) is 45.1. The first-order valence-corrected chi connectivity index (χ1v) is 27.5. The van der Waals surface area contributed by atoms with Gasteiger partial charge in [-0.3, -0.25) is 0 Å². The van der Waals surface area contributed by atoms with Crippen molar-refractivity contribution in [2.24, 2.45) is 0 Å². The van der Waals surface area contributed by atoms with E-state index in [9.17, 15) is 0 Å². The van der Waals surface area contributed by atoms with E-state index in [1.54, 1.807) is 0 Å². The van der Waals surface area contributed by atoms with Crippen molar-refractivity contribution in [2.75, 3.05) is 9.80 Å². The molecule has 0 saturated heterocycles. The van der Waals surface area contributed by atoms with E-state index in [-0.39, 0.29) is 10.8 Å². The molecule has 0 fully saturated rings. The van der Waals surface area contributed by atoms with Crippen LogP contribution in [0.5, 0.6) is 0 Å². The highest BCUT2D eigenvalue weighted by Crippen LogP contribution is 2.55. The summed E-state index contributed by atoms with van der Waals surface area (Å²) in [5.41, 5.74) is 22.2. The molecule has 0 spiro atoms. The van der Waals surface area contributed by atoms with E-state index < -0.39 is 0 Å². The Hall–Kier alpha value is -10.0. The van der Waals surface area contributed by atoms with Gasteiger partial charge in [0, 0.05) is 55.6 Å². The normalized spacial score (nSPS) is 13.7. The van der Waals surface area contributed by atoms with Crippen LogP contribution in [-0.2, 0) is 10.8 Å². The summed E-state index contributed by atoms with van der Waals surface area (Å²) in [5, 5.41) is 0. The highest BCUT2D eigenvalue weighted by molar-refractivity contribution is 5.98. The molecule has 382 valence electrons. The summed E-state index contributed by atoms with van der Waals surface area (Å²) in [6.07, 6.45) is 0. The molecular formula is C74H56N6. The minimum absolute atomic E-state index is 0.231. The minimum Gasteiger partial charge on any atom is -0.310 e. The van der Waals surface area contributed by atoms with Gasteiger partial charge in [0.25, 0.3) is 0 Å². The second-order valence-electron chi connectivity index (χ2n) is 21.8. The lowest BCUT2D eigenvalue weighted by atomic mass is 9.73. The molecule has 0 aliphatic carbocycles. The molecule has 0 unspecified atom stereocenters. The lowest BCUT2D eigenvalue weighted by Crippen LogP contribution is -2.30. The molecule has 2 aliphatic rings. The van der Waals surface area contributed by atoms with Gasteiger partial charge in [0.05, 0.1) is 45.5 Å². The van der Waals surface area contributed by atoms with E-state index in [1.807, 2.05) is 24.3 Å². The van der Waals surface area contributed by atoms with Crippen LogP contribution in [0.3, 0.4) is 0 Å². The van der Waals surface area contributed by atoms with Gasteiger partial charge >= 0.3 is 0 Å². The van der Waals surface area contributed by atoms with Crippen molar-refractivity contribution >= 4 is 34.1 Å². The number of para-hydroxylation sites is 4. The third-order valence-electron chi connectivity index (χ3n) is 16.3. The molecule has 0 amide bonds. The van der Waals surface area contributed by atoms with Crippen molar-refractivity contribution in [3.63, 3.8) is 0 Å². The summed E-state index contributed by atoms with van der Waals surface area (Å²) >= 11 is 0. The van der Waals surface area contributed by atoms with E-state index in [0.29, 0.717) is 11.6 Å². The molecule has 0 radical (unpaired) electrons. The third-order valence-corrected chi connectivity index (χ3v) is 16.3. The molecule has 6 nitrogen and oxygen atoms in total. The Balaban J connectivity index is 1.08. The first kappa shape index (κ1) is 48.3. The maximum atomic E-state index is 5.58. The first-order valence-electron chi connectivity index (χ1n) is 27.5. The van der Waals surface area contributed by atoms with Gasteiger partial charge in [-0.15, -0.1) is 0 Å². The topological polar surface area (TPSA) is 58.0 Å². The van der Waals surface area contributed by atoms with Crippen molar-refractivity contribution in [1.82, 2.24) is 19.9 Å². The van der Waals surface area contributed by atoms with E-state index in [1.165, 1.54) is 22.3 Å². The van der Waals surface area contributed by atoms with Crippen LogP contribution in [0.2, 0.25) is 0 Å². The molecule has 0 bridgehead atoms. The lowest BCUT2D eigenvalue weighted by Gasteiger charge is -2.42. The molecule has 12 aromatic rings. The van der Waals surface area contributed by atoms with Gasteiger partial charge in [-0.2, -0.15) is 0 Å². The fourth-order valence-corrected chi connectivity index (χ4v) is 12.2. The molecular weight excluding hydrogens is 973 g/mol. The van der Waals surface area contributed by atoms with Crippen molar-refractivity contribution < 1.29 is 0 Å². The average molecular weight is 1030 g/mol. The van der Waals surface area contributed by atoms with E-state index in [4.69, 9.17) is 19.9 Å². The molecule has 0 N–H and O–H groups in total. The number of hydrogen-bond donors (Lipinski definition) is 0. The standard InChI is InChI=1S/C74H56N6/c1-73(2)59-33-17-21-37-67(59)79(68-38-22-18-34-60(68)73)53-41-43-55(57(45-53)65-47-63(49-25-9-5-10-26-49)75-71(77-65)51-29-13-7-14-30-51)56-44-42-54(80-69-39-23-19-35-61(69)74(3,4)62-36-20-24-40-70(62)80)46-58(56)66-48-64(50-27-11-6-12-28-50)76-72(78-66)52-31-15-8-16-32-52/h5-48H,1-4H3. The largest absolute Gasteiger partial charge is 0.310 e. The Bertz CT molecular complexity index is 3810. The van der Waals surface area contributed by atoms with Gasteiger partial charge < -0.3 is 9.80 Å². The summed E-state index contributed by atoms with van der Waals surface area (Å²) < 4.78 is 0. The molecule has 4 heterocycles. The maximum Gasteiger partial charge on any atom is 0.160 e. The van der Waals surface area contributed by atoms with Gasteiger partial charge in [-0.1, -0.05) is 234 Å². The Morgan fingerprint density at radius 2 is 0.525 bits per heavy atom. The van der Waals surface area contributed by atoms with Crippen molar-refractivity contribution in [2.45, 2.75) is 38.5 Å². The average Bonchev–Trinajstić information content (AvgIpc) is 3.31. The van der Waals surface area contributed by atoms with Crippen molar-refractivity contribution in [1.29, 1.82) is 0 Å². The van der Waals surface area contributed by atoms with E-state index in [0.717, 1.165) is 101 Å². The van der Waals surface area contributed by atoms with Crippen LogP contribution in [0.1, 0.15) is 49.9 Å². The molecule has 80 heavy (non-hydrogen) atoms. The number of nitrogens with zero attached hydrogens (tertiary/aromatic N) is 6. The predicted molar refractivity (Wildman–Crippen MR) is 329 cm³/mol. The van der Waals surface area contributed by atoms with Crippen LogP contribution in [-0.4, -0.2) is 19.9 Å². The Morgan fingerprint density at radius 3 is 0.850 bits per heavy atom. The summed E-state index contributed by atoms with van der Waals surface area (Å²) in [6, 6.07) is 95.0. The molecule has 14 rings (SSSR count). The predicted octanol–water partition coefficient (Wildman–Crippen LogP) is 19.2. The number of rotatable bonds is 9. The van der Waals surface area contributed by atoms with Crippen molar-refractivity contribution in [3.8, 4) is 78.9 Å². The number of anilines is 6. The highest BCUT2D eigenvalue weighted by Gasteiger charge is 2.38. The number of aromatic nitrogens is 4. The van der Waals surface area contributed by atoms with Crippen molar-refractivity contribution in [3.05, 3.63) is 289 Å². The quantitative estimate of drug-likeness (QED) is 0.144. The van der Waals surface area contributed by atoms with Gasteiger partial charge in [-0.25, -0.2) is 19.9 Å². The zero-order chi connectivity index (χ0) is 54.0. The Morgan fingerprint density at radius 1 is 0.250 bits per heavy atom. The van der Waals surface area contributed by atoms with Crippen LogP contribution in [0.4, 0.5) is 34.1 Å². The summed E-state index contributed by atoms with van der Waals surface area (Å²) in [6.45, 7) is 9.33. The zero-order valence-corrected chi connectivity index (χ0v) is 45.1. The van der Waals surface area contributed by atoms with Gasteiger partial charge in [0.2, 0.25) is 0 Å². The van der Waals surface area contributed by atoms with Crippen LogP contribution in [0.25, 0.3) is 78.9 Å². The van der Waals surface area contributed by atoms with Crippen LogP contribution in [0, 0.1) is 0 Å². The molecule has 2 aliphatic heterocycles. The molecule has 0 atom stereocenters. The smallest absolute Gasteiger partial charge is 0.160 e. The van der Waals surface area contributed by atoms with Gasteiger partial charge in [0.1, 0.15) is 0 Å². The number of hydrogen-bond acceptors (Lipinski definition) is 6. The fraction of sp³-hybridized carbons (Fsp3) is 0.0811.